The first-order valence-corrected chi connectivity index (χ1v) is 12.7. The van der Waals surface area contributed by atoms with Gasteiger partial charge in [0.15, 0.2) is 0 Å². The summed E-state index contributed by atoms with van der Waals surface area (Å²) in [5.74, 6) is 0.359. The summed E-state index contributed by atoms with van der Waals surface area (Å²) in [6.45, 7) is 3.90. The van der Waals surface area contributed by atoms with Crippen LogP contribution in [0.4, 0.5) is 5.69 Å². The van der Waals surface area contributed by atoms with E-state index >= 15 is 0 Å². The lowest BCUT2D eigenvalue weighted by atomic mass is 10.00. The highest BCUT2D eigenvalue weighted by Crippen LogP contribution is 2.37. The summed E-state index contributed by atoms with van der Waals surface area (Å²) < 4.78 is 28.3. The topological polar surface area (TPSA) is 69.7 Å². The van der Waals surface area contributed by atoms with Crippen molar-refractivity contribution < 1.29 is 13.2 Å². The molecule has 1 saturated carbocycles. The van der Waals surface area contributed by atoms with E-state index in [4.69, 9.17) is 0 Å². The fourth-order valence-corrected chi connectivity index (χ4v) is 5.79. The van der Waals surface area contributed by atoms with Crippen LogP contribution in [0.15, 0.2) is 47.4 Å². The Balaban J connectivity index is 1.15. The minimum atomic E-state index is -3.55. The van der Waals surface area contributed by atoms with E-state index in [0.29, 0.717) is 24.4 Å². The van der Waals surface area contributed by atoms with Crippen molar-refractivity contribution in [2.45, 2.75) is 43.5 Å². The van der Waals surface area contributed by atoms with Crippen LogP contribution in [0.2, 0.25) is 0 Å². The molecule has 2 aromatic rings. The largest absolute Gasteiger partial charge is 0.312 e. The third-order valence-corrected chi connectivity index (χ3v) is 8.06. The minimum Gasteiger partial charge on any atom is -0.312 e. The number of nitrogens with zero attached hydrogens (tertiary/aromatic N) is 2. The Bertz CT molecular complexity index is 1090. The summed E-state index contributed by atoms with van der Waals surface area (Å²) in [7, 11) is -3.55. The van der Waals surface area contributed by atoms with Gasteiger partial charge in [-0.15, -0.1) is 0 Å². The molecule has 31 heavy (non-hydrogen) atoms. The van der Waals surface area contributed by atoms with Gasteiger partial charge in [-0.05, 0) is 73.5 Å². The number of carbonyl (C=O) groups excluding carboxylic acids is 1. The van der Waals surface area contributed by atoms with Crippen molar-refractivity contribution in [1.82, 2.24) is 9.62 Å². The predicted octanol–water partition coefficient (Wildman–Crippen LogP) is 2.71. The van der Waals surface area contributed by atoms with Crippen LogP contribution < -0.4 is 9.62 Å². The fraction of sp³-hybridized carbons (Fsp3) is 0.458. The molecule has 2 aliphatic heterocycles. The van der Waals surface area contributed by atoms with E-state index in [0.717, 1.165) is 56.6 Å². The number of rotatable bonds is 7. The highest BCUT2D eigenvalue weighted by atomic mass is 32.2. The maximum atomic E-state index is 12.8. The van der Waals surface area contributed by atoms with E-state index in [1.54, 1.807) is 18.2 Å². The molecule has 1 N–H and O–H groups in total. The first-order chi connectivity index (χ1) is 15.0. The van der Waals surface area contributed by atoms with E-state index in [9.17, 15) is 13.2 Å². The number of benzene rings is 2. The summed E-state index contributed by atoms with van der Waals surface area (Å²) in [4.78, 5) is 16.9. The molecule has 0 unspecified atom stereocenters. The van der Waals surface area contributed by atoms with Crippen LogP contribution in [0.3, 0.4) is 0 Å². The molecule has 1 amide bonds. The van der Waals surface area contributed by atoms with Crippen LogP contribution >= 0.6 is 0 Å². The molecule has 0 saturated heterocycles. The van der Waals surface area contributed by atoms with E-state index < -0.39 is 10.0 Å². The Kier molecular flexibility index (Phi) is 5.58. The molecule has 164 valence electrons. The first-order valence-electron chi connectivity index (χ1n) is 11.2. The number of fused-ring (bicyclic) bond motifs is 2. The third kappa shape index (κ3) is 4.40. The van der Waals surface area contributed by atoms with Crippen LogP contribution in [-0.2, 0) is 34.2 Å². The average molecular weight is 440 g/mol. The maximum Gasteiger partial charge on any atom is 0.240 e. The average Bonchev–Trinajstić information content (AvgIpc) is 3.55. The van der Waals surface area contributed by atoms with E-state index in [2.05, 4.69) is 33.9 Å². The summed E-state index contributed by atoms with van der Waals surface area (Å²) in [5, 5.41) is 0. The van der Waals surface area contributed by atoms with Gasteiger partial charge < -0.3 is 4.90 Å². The van der Waals surface area contributed by atoms with Gasteiger partial charge in [0.2, 0.25) is 15.9 Å². The Labute approximate surface area is 184 Å². The predicted molar refractivity (Wildman–Crippen MR) is 120 cm³/mol. The van der Waals surface area contributed by atoms with Gasteiger partial charge in [-0.3, -0.25) is 9.69 Å². The Morgan fingerprint density at radius 1 is 1.00 bits per heavy atom. The minimum absolute atomic E-state index is 0.171. The molecular weight excluding hydrogens is 410 g/mol. The zero-order chi connectivity index (χ0) is 21.4. The summed E-state index contributed by atoms with van der Waals surface area (Å²) >= 11 is 0. The normalized spacial score (nSPS) is 18.6. The molecule has 7 heteroatoms. The van der Waals surface area contributed by atoms with Crippen molar-refractivity contribution in [2.75, 3.05) is 31.1 Å². The van der Waals surface area contributed by atoms with Gasteiger partial charge in [-0.25, -0.2) is 13.1 Å². The van der Waals surface area contributed by atoms with Crippen molar-refractivity contribution in [3.05, 3.63) is 59.2 Å². The monoisotopic (exact) mass is 439 g/mol. The lowest BCUT2D eigenvalue weighted by molar-refractivity contribution is -0.119. The molecule has 0 atom stereocenters. The molecule has 6 nitrogen and oxygen atoms in total. The highest BCUT2D eigenvalue weighted by Gasteiger charge is 2.36. The van der Waals surface area contributed by atoms with Crippen molar-refractivity contribution in [1.29, 1.82) is 0 Å². The summed E-state index contributed by atoms with van der Waals surface area (Å²) in [6.07, 6.45) is 4.50. The Morgan fingerprint density at radius 3 is 2.58 bits per heavy atom. The molecule has 0 radical (unpaired) electrons. The lowest BCUT2D eigenvalue weighted by Crippen LogP contribution is -2.33. The molecule has 0 aromatic heterocycles. The van der Waals surface area contributed by atoms with Crippen molar-refractivity contribution in [3.8, 4) is 0 Å². The molecule has 5 rings (SSSR count). The number of hydrogen-bond donors (Lipinski definition) is 1. The number of amides is 1. The van der Waals surface area contributed by atoms with Gasteiger partial charge >= 0.3 is 0 Å². The Hall–Kier alpha value is -2.22. The second kappa shape index (κ2) is 8.37. The first kappa shape index (κ1) is 20.7. The van der Waals surface area contributed by atoms with Gasteiger partial charge in [0.25, 0.3) is 0 Å². The van der Waals surface area contributed by atoms with Gasteiger partial charge in [0.05, 0.1) is 4.90 Å². The second-order valence-corrected chi connectivity index (χ2v) is 10.6. The number of sulfonamides is 1. The van der Waals surface area contributed by atoms with Crippen molar-refractivity contribution in [2.24, 2.45) is 5.92 Å². The molecule has 1 fully saturated rings. The highest BCUT2D eigenvalue weighted by molar-refractivity contribution is 7.89. The van der Waals surface area contributed by atoms with Gasteiger partial charge in [0, 0.05) is 37.8 Å². The van der Waals surface area contributed by atoms with E-state index in [1.807, 2.05) is 4.90 Å². The van der Waals surface area contributed by atoms with E-state index in [1.165, 1.54) is 11.1 Å². The van der Waals surface area contributed by atoms with Crippen molar-refractivity contribution in [3.63, 3.8) is 0 Å². The van der Waals surface area contributed by atoms with Gasteiger partial charge in [-0.1, -0.05) is 24.3 Å². The molecule has 0 spiro atoms. The molecule has 1 aliphatic carbocycles. The number of carbonyl (C=O) groups is 1. The molecule has 0 bridgehead atoms. The van der Waals surface area contributed by atoms with Crippen LogP contribution in [0, 0.1) is 5.92 Å². The third-order valence-electron chi connectivity index (χ3n) is 6.60. The molecule has 2 heterocycles. The zero-order valence-electron chi connectivity index (χ0n) is 17.7. The maximum absolute atomic E-state index is 12.8. The number of anilines is 1. The lowest BCUT2D eigenvalue weighted by Gasteiger charge is -2.28. The smallest absolute Gasteiger partial charge is 0.240 e. The number of hydrogen-bond acceptors (Lipinski definition) is 4. The van der Waals surface area contributed by atoms with Crippen LogP contribution in [0.5, 0.6) is 0 Å². The zero-order valence-corrected chi connectivity index (χ0v) is 18.5. The summed E-state index contributed by atoms with van der Waals surface area (Å²) in [6, 6.07) is 13.7. The molecule has 3 aliphatic rings. The standard InChI is InChI=1S/C24H29N3O3S/c28-24(19-6-7-19)27-15-11-20-16-22(8-9-23(20)27)31(29,30)25-12-3-13-26-14-10-18-4-1-2-5-21(18)17-26/h1-2,4-5,8-9,16,19,25H,3,6-7,10-15,17H2. The van der Waals surface area contributed by atoms with Gasteiger partial charge in [-0.2, -0.15) is 0 Å². The van der Waals surface area contributed by atoms with Crippen LogP contribution in [0.25, 0.3) is 0 Å². The van der Waals surface area contributed by atoms with Crippen LogP contribution in [-0.4, -0.2) is 45.4 Å². The molecule has 2 aromatic carbocycles. The number of nitrogens with one attached hydrogen (secondary N) is 1. The molecular formula is C24H29N3O3S. The fourth-order valence-electron chi connectivity index (χ4n) is 4.66. The van der Waals surface area contributed by atoms with E-state index in [-0.39, 0.29) is 11.8 Å². The quantitative estimate of drug-likeness (QED) is 0.674. The van der Waals surface area contributed by atoms with Crippen LogP contribution in [0.1, 0.15) is 36.0 Å². The summed E-state index contributed by atoms with van der Waals surface area (Å²) in [5.41, 5.74) is 4.63. The van der Waals surface area contributed by atoms with Gasteiger partial charge in [0.1, 0.15) is 0 Å². The Morgan fingerprint density at radius 2 is 1.77 bits per heavy atom. The second-order valence-electron chi connectivity index (χ2n) is 8.85. The van der Waals surface area contributed by atoms with Crippen molar-refractivity contribution >= 4 is 21.6 Å². The SMILES string of the molecule is O=C(C1CC1)N1CCc2cc(S(=O)(=O)NCCCN3CCc4ccccc4C3)ccc21.